The van der Waals surface area contributed by atoms with Crippen molar-refractivity contribution >= 4 is 11.5 Å². The standard InChI is InChI=1S/C20H28N4O/c1-5-7-8-10-17-11-12-18(24-17)14-25-19-13-21-16(4)23-20(19)22-15(3)9-6-2/h5,7-8,10,12-13,15H,6,9,11,14H2,1-4H3,(H,21,22,23)/b7-5-,10-8-. The van der Waals surface area contributed by atoms with E-state index in [0.717, 1.165) is 42.3 Å². The Morgan fingerprint density at radius 2 is 2.20 bits per heavy atom. The van der Waals surface area contributed by atoms with Crippen LogP contribution in [0.25, 0.3) is 0 Å². The highest BCUT2D eigenvalue weighted by Crippen LogP contribution is 2.24. The van der Waals surface area contributed by atoms with E-state index in [4.69, 9.17) is 4.74 Å². The fourth-order valence-electron chi connectivity index (χ4n) is 2.53. The summed E-state index contributed by atoms with van der Waals surface area (Å²) in [5.74, 6) is 2.15. The average Bonchev–Trinajstić information content (AvgIpc) is 3.02. The third-order valence-electron chi connectivity index (χ3n) is 3.78. The van der Waals surface area contributed by atoms with Gasteiger partial charge < -0.3 is 10.1 Å². The third kappa shape index (κ3) is 6.18. The molecule has 1 atom stereocenters. The van der Waals surface area contributed by atoms with Gasteiger partial charge in [-0.1, -0.05) is 37.6 Å². The van der Waals surface area contributed by atoms with Crippen molar-refractivity contribution in [3.63, 3.8) is 0 Å². The molecular formula is C20H28N4O. The Morgan fingerprint density at radius 3 is 2.96 bits per heavy atom. The number of nitrogens with zero attached hydrogens (tertiary/aromatic N) is 3. The SMILES string of the molecule is C/C=C\C=C/C1=NC(COc2cnc(C)nc2NC(C)CCC)=CC1. The monoisotopic (exact) mass is 340 g/mol. The summed E-state index contributed by atoms with van der Waals surface area (Å²) in [6.07, 6.45) is 14.9. The number of aromatic nitrogens is 2. The van der Waals surface area contributed by atoms with Gasteiger partial charge in [0.15, 0.2) is 11.6 Å². The summed E-state index contributed by atoms with van der Waals surface area (Å²) in [6.45, 7) is 8.62. The lowest BCUT2D eigenvalue weighted by molar-refractivity contribution is 0.349. The van der Waals surface area contributed by atoms with Crippen molar-refractivity contribution in [2.45, 2.75) is 53.0 Å². The van der Waals surface area contributed by atoms with Crippen molar-refractivity contribution in [1.82, 2.24) is 9.97 Å². The summed E-state index contributed by atoms with van der Waals surface area (Å²) < 4.78 is 5.93. The fraction of sp³-hybridized carbons (Fsp3) is 0.450. The molecule has 2 rings (SSSR count). The molecule has 0 amide bonds. The highest BCUT2D eigenvalue weighted by Gasteiger charge is 2.12. The molecule has 0 aromatic carbocycles. The summed E-state index contributed by atoms with van der Waals surface area (Å²) in [4.78, 5) is 13.3. The van der Waals surface area contributed by atoms with Crippen LogP contribution in [0.2, 0.25) is 0 Å². The summed E-state index contributed by atoms with van der Waals surface area (Å²) in [5.41, 5.74) is 1.99. The maximum absolute atomic E-state index is 5.93. The molecule has 1 aliphatic heterocycles. The predicted octanol–water partition coefficient (Wildman–Crippen LogP) is 4.63. The largest absolute Gasteiger partial charge is 0.482 e. The van der Waals surface area contributed by atoms with Crippen LogP contribution in [0, 0.1) is 6.92 Å². The topological polar surface area (TPSA) is 59.4 Å². The summed E-state index contributed by atoms with van der Waals surface area (Å²) in [6, 6.07) is 0.341. The number of allylic oxidation sites excluding steroid dienone is 5. The Morgan fingerprint density at radius 1 is 1.36 bits per heavy atom. The van der Waals surface area contributed by atoms with Gasteiger partial charge in [-0.15, -0.1) is 0 Å². The van der Waals surface area contributed by atoms with Gasteiger partial charge in [0, 0.05) is 18.2 Å². The molecule has 0 aliphatic carbocycles. The van der Waals surface area contributed by atoms with Crippen LogP contribution >= 0.6 is 0 Å². The number of ether oxygens (including phenoxy) is 1. The molecule has 0 bridgehead atoms. The zero-order valence-electron chi connectivity index (χ0n) is 15.6. The molecule has 1 aliphatic rings. The van der Waals surface area contributed by atoms with Gasteiger partial charge in [-0.2, -0.15) is 0 Å². The Kier molecular flexibility index (Phi) is 7.38. The van der Waals surface area contributed by atoms with E-state index < -0.39 is 0 Å². The first-order valence-corrected chi connectivity index (χ1v) is 8.91. The van der Waals surface area contributed by atoms with Crippen LogP contribution in [-0.4, -0.2) is 28.3 Å². The van der Waals surface area contributed by atoms with E-state index in [2.05, 4.69) is 40.2 Å². The Bertz CT molecular complexity index is 689. The van der Waals surface area contributed by atoms with Crippen LogP contribution in [0.5, 0.6) is 5.75 Å². The first kappa shape index (κ1) is 18.9. The second kappa shape index (κ2) is 9.77. The molecule has 0 radical (unpaired) electrons. The van der Waals surface area contributed by atoms with E-state index >= 15 is 0 Å². The first-order chi connectivity index (χ1) is 12.1. The van der Waals surface area contributed by atoms with Crippen LogP contribution < -0.4 is 10.1 Å². The van der Waals surface area contributed by atoms with Gasteiger partial charge in [-0.3, -0.25) is 4.99 Å². The molecule has 2 heterocycles. The van der Waals surface area contributed by atoms with Crippen LogP contribution in [0.3, 0.4) is 0 Å². The van der Waals surface area contributed by atoms with E-state index in [-0.39, 0.29) is 0 Å². The number of anilines is 1. The van der Waals surface area contributed by atoms with Gasteiger partial charge in [-0.05, 0) is 33.3 Å². The van der Waals surface area contributed by atoms with Crippen molar-refractivity contribution in [3.05, 3.63) is 48.1 Å². The number of aryl methyl sites for hydroxylation is 1. The molecule has 134 valence electrons. The van der Waals surface area contributed by atoms with E-state index in [1.54, 1.807) is 6.20 Å². The van der Waals surface area contributed by atoms with Crippen molar-refractivity contribution in [1.29, 1.82) is 0 Å². The lowest BCUT2D eigenvalue weighted by atomic mass is 10.2. The maximum Gasteiger partial charge on any atom is 0.180 e. The van der Waals surface area contributed by atoms with Gasteiger partial charge in [0.05, 0.1) is 11.9 Å². The van der Waals surface area contributed by atoms with Crippen molar-refractivity contribution in [3.8, 4) is 5.75 Å². The summed E-state index contributed by atoms with van der Waals surface area (Å²) >= 11 is 0. The minimum absolute atomic E-state index is 0.341. The minimum Gasteiger partial charge on any atom is -0.482 e. The highest BCUT2D eigenvalue weighted by atomic mass is 16.5. The van der Waals surface area contributed by atoms with Gasteiger partial charge in [0.2, 0.25) is 0 Å². The Balaban J connectivity index is 1.99. The first-order valence-electron chi connectivity index (χ1n) is 8.91. The Hall–Kier alpha value is -2.43. The summed E-state index contributed by atoms with van der Waals surface area (Å²) in [5, 5.41) is 3.42. The normalized spacial score (nSPS) is 15.5. The molecule has 1 aromatic rings. The molecular weight excluding hydrogens is 312 g/mol. The van der Waals surface area contributed by atoms with E-state index in [9.17, 15) is 0 Å². The van der Waals surface area contributed by atoms with Gasteiger partial charge >= 0.3 is 0 Å². The Labute approximate surface area is 150 Å². The predicted molar refractivity (Wildman–Crippen MR) is 104 cm³/mol. The smallest absolute Gasteiger partial charge is 0.180 e. The average molecular weight is 340 g/mol. The molecule has 1 N–H and O–H groups in total. The van der Waals surface area contributed by atoms with E-state index in [0.29, 0.717) is 18.4 Å². The molecule has 0 saturated heterocycles. The molecule has 5 heteroatoms. The maximum atomic E-state index is 5.93. The molecule has 25 heavy (non-hydrogen) atoms. The van der Waals surface area contributed by atoms with E-state index in [1.165, 1.54) is 0 Å². The molecule has 0 spiro atoms. The number of hydrogen-bond donors (Lipinski definition) is 1. The number of nitrogens with one attached hydrogen (secondary N) is 1. The van der Waals surface area contributed by atoms with Crippen LogP contribution in [0.1, 0.15) is 45.9 Å². The van der Waals surface area contributed by atoms with Gasteiger partial charge in [-0.25, -0.2) is 9.97 Å². The molecule has 1 aromatic heterocycles. The second-order valence-electron chi connectivity index (χ2n) is 6.14. The number of rotatable bonds is 9. The van der Waals surface area contributed by atoms with Crippen LogP contribution in [0.4, 0.5) is 5.82 Å². The van der Waals surface area contributed by atoms with Gasteiger partial charge in [0.1, 0.15) is 12.4 Å². The van der Waals surface area contributed by atoms with Crippen molar-refractivity contribution < 1.29 is 4.74 Å². The zero-order valence-corrected chi connectivity index (χ0v) is 15.6. The van der Waals surface area contributed by atoms with Gasteiger partial charge in [0.25, 0.3) is 0 Å². The van der Waals surface area contributed by atoms with E-state index in [1.807, 2.05) is 38.2 Å². The molecule has 5 nitrogen and oxygen atoms in total. The fourth-order valence-corrected chi connectivity index (χ4v) is 2.53. The zero-order chi connectivity index (χ0) is 18.1. The third-order valence-corrected chi connectivity index (χ3v) is 3.78. The lowest BCUT2D eigenvalue weighted by Gasteiger charge is -2.17. The van der Waals surface area contributed by atoms with Crippen LogP contribution in [-0.2, 0) is 0 Å². The minimum atomic E-state index is 0.341. The van der Waals surface area contributed by atoms with Crippen molar-refractivity contribution in [2.24, 2.45) is 4.99 Å². The summed E-state index contributed by atoms with van der Waals surface area (Å²) in [7, 11) is 0. The number of hydrogen-bond acceptors (Lipinski definition) is 5. The highest BCUT2D eigenvalue weighted by molar-refractivity contribution is 5.98. The quantitative estimate of drug-likeness (QED) is 0.666. The second-order valence-corrected chi connectivity index (χ2v) is 6.14. The number of aliphatic imine (C=N–C) groups is 1. The van der Waals surface area contributed by atoms with Crippen LogP contribution in [0.15, 0.2) is 47.3 Å². The molecule has 1 unspecified atom stereocenters. The molecule has 0 saturated carbocycles. The van der Waals surface area contributed by atoms with Crippen molar-refractivity contribution in [2.75, 3.05) is 11.9 Å². The molecule has 0 fully saturated rings. The lowest BCUT2D eigenvalue weighted by Crippen LogP contribution is -2.17.